The van der Waals surface area contributed by atoms with Crippen molar-refractivity contribution in [2.24, 2.45) is 7.05 Å². The van der Waals surface area contributed by atoms with Crippen LogP contribution in [0.4, 0.5) is 5.69 Å². The highest BCUT2D eigenvalue weighted by Crippen LogP contribution is 2.31. The van der Waals surface area contributed by atoms with Crippen molar-refractivity contribution in [3.8, 4) is 11.3 Å². The van der Waals surface area contributed by atoms with Gasteiger partial charge in [0.15, 0.2) is 0 Å². The Morgan fingerprint density at radius 2 is 1.80 bits per heavy atom. The highest BCUT2D eigenvalue weighted by Gasteiger charge is 2.15. The van der Waals surface area contributed by atoms with Crippen LogP contribution in [-0.4, -0.2) is 9.49 Å². The number of aromatic nitrogens is 1. The van der Waals surface area contributed by atoms with Crippen LogP contribution in [-0.2, 0) is 7.05 Å². The second kappa shape index (κ2) is 4.49. The van der Waals surface area contributed by atoms with E-state index in [1.54, 1.807) is 13.0 Å². The maximum Gasteiger partial charge on any atom is 0.274 e. The minimum atomic E-state index is -0.329. The van der Waals surface area contributed by atoms with Crippen LogP contribution < -0.4 is 0 Å². The van der Waals surface area contributed by atoms with Crippen LogP contribution in [0.5, 0.6) is 0 Å². The van der Waals surface area contributed by atoms with Crippen LogP contribution in [0.1, 0.15) is 5.56 Å². The monoisotopic (exact) mass is 266 g/mol. The Morgan fingerprint density at radius 3 is 2.45 bits per heavy atom. The molecule has 1 heterocycles. The second-order valence-electron chi connectivity index (χ2n) is 4.91. The SMILES string of the molecule is Cc1cc2cc(-c3ccccc3)n(C)c2cc1[N+](=O)[O-]. The maximum atomic E-state index is 11.0. The molecule has 0 aliphatic heterocycles. The molecule has 100 valence electrons. The molecule has 1 aromatic heterocycles. The molecule has 0 bridgehead atoms. The molecule has 3 rings (SSSR count). The molecule has 0 aliphatic rings. The molecular formula is C16H14N2O2. The molecule has 0 spiro atoms. The van der Waals surface area contributed by atoms with E-state index in [1.165, 1.54) is 0 Å². The Kier molecular flexibility index (Phi) is 2.79. The van der Waals surface area contributed by atoms with Crippen LogP contribution in [0.15, 0.2) is 48.5 Å². The number of nitro benzene ring substituents is 1. The third-order valence-electron chi connectivity index (χ3n) is 3.63. The van der Waals surface area contributed by atoms with Crippen molar-refractivity contribution >= 4 is 16.6 Å². The first kappa shape index (κ1) is 12.4. The fourth-order valence-electron chi connectivity index (χ4n) is 2.57. The summed E-state index contributed by atoms with van der Waals surface area (Å²) >= 11 is 0. The fourth-order valence-corrected chi connectivity index (χ4v) is 2.57. The van der Waals surface area contributed by atoms with Gasteiger partial charge < -0.3 is 4.57 Å². The van der Waals surface area contributed by atoms with Gasteiger partial charge in [0, 0.05) is 29.8 Å². The standard InChI is InChI=1S/C16H14N2O2/c1-11-8-13-9-15(12-6-4-3-5-7-12)17(2)16(13)10-14(11)18(19)20/h3-10H,1-2H3. The molecule has 0 saturated carbocycles. The summed E-state index contributed by atoms with van der Waals surface area (Å²) in [6, 6.07) is 15.6. The van der Waals surface area contributed by atoms with E-state index in [0.29, 0.717) is 5.56 Å². The molecule has 0 N–H and O–H groups in total. The van der Waals surface area contributed by atoms with Gasteiger partial charge >= 0.3 is 0 Å². The Bertz CT molecular complexity index is 804. The summed E-state index contributed by atoms with van der Waals surface area (Å²) in [6.45, 7) is 1.77. The lowest BCUT2D eigenvalue weighted by molar-refractivity contribution is -0.385. The van der Waals surface area contributed by atoms with E-state index < -0.39 is 0 Å². The Morgan fingerprint density at radius 1 is 1.10 bits per heavy atom. The predicted molar refractivity (Wildman–Crippen MR) is 79.7 cm³/mol. The minimum Gasteiger partial charge on any atom is -0.343 e. The lowest BCUT2D eigenvalue weighted by atomic mass is 10.1. The highest BCUT2D eigenvalue weighted by molar-refractivity contribution is 5.89. The van der Waals surface area contributed by atoms with E-state index in [0.717, 1.165) is 22.2 Å². The Hall–Kier alpha value is -2.62. The third-order valence-corrected chi connectivity index (χ3v) is 3.63. The molecule has 4 nitrogen and oxygen atoms in total. The summed E-state index contributed by atoms with van der Waals surface area (Å²) in [4.78, 5) is 10.7. The number of rotatable bonds is 2. The van der Waals surface area contributed by atoms with Gasteiger partial charge in [-0.3, -0.25) is 10.1 Å². The quantitative estimate of drug-likeness (QED) is 0.518. The van der Waals surface area contributed by atoms with Crippen molar-refractivity contribution in [3.05, 3.63) is 64.2 Å². The zero-order valence-electron chi connectivity index (χ0n) is 11.3. The number of hydrogen-bond acceptors (Lipinski definition) is 2. The molecular weight excluding hydrogens is 252 g/mol. The summed E-state index contributed by atoms with van der Waals surface area (Å²) in [5, 5.41) is 12.1. The number of hydrogen-bond donors (Lipinski definition) is 0. The van der Waals surface area contributed by atoms with Crippen molar-refractivity contribution in [3.63, 3.8) is 0 Å². The molecule has 0 unspecified atom stereocenters. The summed E-state index contributed by atoms with van der Waals surface area (Å²) < 4.78 is 2.00. The van der Waals surface area contributed by atoms with Gasteiger partial charge in [-0.15, -0.1) is 0 Å². The molecule has 20 heavy (non-hydrogen) atoms. The number of aryl methyl sites for hydroxylation is 2. The normalized spacial score (nSPS) is 10.9. The second-order valence-corrected chi connectivity index (χ2v) is 4.91. The van der Waals surface area contributed by atoms with E-state index in [-0.39, 0.29) is 10.6 Å². The lowest BCUT2D eigenvalue weighted by Crippen LogP contribution is -1.94. The Labute approximate surface area is 116 Å². The van der Waals surface area contributed by atoms with E-state index in [2.05, 4.69) is 6.07 Å². The summed E-state index contributed by atoms with van der Waals surface area (Å²) in [5.41, 5.74) is 3.89. The first-order valence-electron chi connectivity index (χ1n) is 6.38. The number of nitro groups is 1. The predicted octanol–water partition coefficient (Wildman–Crippen LogP) is 4.06. The smallest absolute Gasteiger partial charge is 0.274 e. The highest BCUT2D eigenvalue weighted by atomic mass is 16.6. The minimum absolute atomic E-state index is 0.165. The van der Waals surface area contributed by atoms with Gasteiger partial charge in [0.25, 0.3) is 5.69 Å². The van der Waals surface area contributed by atoms with E-state index in [1.807, 2.05) is 48.0 Å². The number of fused-ring (bicyclic) bond motifs is 1. The summed E-state index contributed by atoms with van der Waals surface area (Å²) in [5.74, 6) is 0. The van der Waals surface area contributed by atoms with Crippen molar-refractivity contribution in [2.75, 3.05) is 0 Å². The molecule has 0 aliphatic carbocycles. The van der Waals surface area contributed by atoms with Gasteiger partial charge in [0.05, 0.1) is 10.4 Å². The molecule has 3 aromatic rings. The van der Waals surface area contributed by atoms with Crippen molar-refractivity contribution in [1.82, 2.24) is 4.57 Å². The topological polar surface area (TPSA) is 48.1 Å². The number of benzene rings is 2. The van der Waals surface area contributed by atoms with Crippen molar-refractivity contribution in [2.45, 2.75) is 6.92 Å². The molecule has 0 atom stereocenters. The maximum absolute atomic E-state index is 11.0. The lowest BCUT2D eigenvalue weighted by Gasteiger charge is -2.04. The van der Waals surface area contributed by atoms with Crippen LogP contribution in [0.3, 0.4) is 0 Å². The fraction of sp³-hybridized carbons (Fsp3) is 0.125. The largest absolute Gasteiger partial charge is 0.343 e. The van der Waals surface area contributed by atoms with Crippen molar-refractivity contribution < 1.29 is 4.92 Å². The van der Waals surface area contributed by atoms with Gasteiger partial charge in [0.2, 0.25) is 0 Å². The van der Waals surface area contributed by atoms with Crippen LogP contribution in [0.2, 0.25) is 0 Å². The van der Waals surface area contributed by atoms with E-state index >= 15 is 0 Å². The average Bonchev–Trinajstić information content (AvgIpc) is 2.75. The molecule has 4 heteroatoms. The average molecular weight is 266 g/mol. The zero-order valence-corrected chi connectivity index (χ0v) is 11.3. The van der Waals surface area contributed by atoms with Crippen LogP contribution >= 0.6 is 0 Å². The first-order valence-corrected chi connectivity index (χ1v) is 6.38. The van der Waals surface area contributed by atoms with Gasteiger partial charge in [-0.05, 0) is 24.6 Å². The van der Waals surface area contributed by atoms with E-state index in [4.69, 9.17) is 0 Å². The van der Waals surface area contributed by atoms with Gasteiger partial charge in [-0.1, -0.05) is 30.3 Å². The van der Waals surface area contributed by atoms with Gasteiger partial charge in [-0.25, -0.2) is 0 Å². The molecule has 0 radical (unpaired) electrons. The molecule has 0 amide bonds. The van der Waals surface area contributed by atoms with Crippen LogP contribution in [0.25, 0.3) is 22.2 Å². The zero-order chi connectivity index (χ0) is 14.3. The van der Waals surface area contributed by atoms with Gasteiger partial charge in [-0.2, -0.15) is 0 Å². The molecule has 0 fully saturated rings. The molecule has 2 aromatic carbocycles. The van der Waals surface area contributed by atoms with Crippen molar-refractivity contribution in [1.29, 1.82) is 0 Å². The summed E-state index contributed by atoms with van der Waals surface area (Å²) in [6.07, 6.45) is 0. The van der Waals surface area contributed by atoms with Crippen LogP contribution in [0, 0.1) is 17.0 Å². The van der Waals surface area contributed by atoms with Gasteiger partial charge in [0.1, 0.15) is 0 Å². The summed E-state index contributed by atoms with van der Waals surface area (Å²) in [7, 11) is 1.93. The molecule has 0 saturated heterocycles. The van der Waals surface area contributed by atoms with E-state index in [9.17, 15) is 10.1 Å². The third kappa shape index (κ3) is 1.86. The Balaban J connectivity index is 2.28. The number of nitrogens with zero attached hydrogens (tertiary/aromatic N) is 2. The first-order chi connectivity index (χ1) is 9.58.